The zero-order chi connectivity index (χ0) is 19.2. The average Bonchev–Trinajstić information content (AvgIpc) is 3.15. The lowest BCUT2D eigenvalue weighted by atomic mass is 10.0. The van der Waals surface area contributed by atoms with Gasteiger partial charge < -0.3 is 25.6 Å². The molecular weight excluding hydrogens is 344 g/mol. The molecule has 0 saturated heterocycles. The van der Waals surface area contributed by atoms with E-state index in [1.807, 2.05) is 42.5 Å². The summed E-state index contributed by atoms with van der Waals surface area (Å²) < 4.78 is 5.33. The second kappa shape index (κ2) is 8.69. The molecule has 0 spiro atoms. The quantitative estimate of drug-likeness (QED) is 0.676. The number of fused-ring (bicyclic) bond motifs is 1. The first kappa shape index (κ1) is 18.9. The SMILES string of the molecule is N[C@H](CO)C(=O)N1CCc2c(C#Cc3ccc(OCCO)cc3)cccc21. The van der Waals surface area contributed by atoms with Crippen LogP contribution in [0, 0.1) is 11.8 Å². The summed E-state index contributed by atoms with van der Waals surface area (Å²) in [6.45, 7) is 0.402. The van der Waals surface area contributed by atoms with Gasteiger partial charge in [0, 0.05) is 23.4 Å². The van der Waals surface area contributed by atoms with E-state index in [9.17, 15) is 4.79 Å². The molecule has 2 aromatic carbocycles. The van der Waals surface area contributed by atoms with Crippen LogP contribution >= 0.6 is 0 Å². The van der Waals surface area contributed by atoms with E-state index >= 15 is 0 Å². The van der Waals surface area contributed by atoms with Crippen molar-refractivity contribution in [3.05, 3.63) is 59.2 Å². The molecule has 3 rings (SSSR count). The molecule has 0 aromatic heterocycles. The van der Waals surface area contributed by atoms with Gasteiger partial charge in [0.15, 0.2) is 0 Å². The summed E-state index contributed by atoms with van der Waals surface area (Å²) in [4.78, 5) is 13.9. The molecule has 0 radical (unpaired) electrons. The highest BCUT2D eigenvalue weighted by molar-refractivity contribution is 5.99. The third kappa shape index (κ3) is 4.29. The fourth-order valence-electron chi connectivity index (χ4n) is 3.00. The normalized spacial score (nSPS) is 13.5. The van der Waals surface area contributed by atoms with Gasteiger partial charge in [0.1, 0.15) is 18.4 Å². The third-order valence-electron chi connectivity index (χ3n) is 4.36. The maximum Gasteiger partial charge on any atom is 0.246 e. The molecular formula is C21H22N2O4. The van der Waals surface area contributed by atoms with Gasteiger partial charge in [0.25, 0.3) is 0 Å². The van der Waals surface area contributed by atoms with E-state index in [0.717, 1.165) is 22.4 Å². The number of nitrogens with zero attached hydrogens (tertiary/aromatic N) is 1. The number of hydrogen-bond donors (Lipinski definition) is 3. The summed E-state index contributed by atoms with van der Waals surface area (Å²) in [6.07, 6.45) is 0.706. The number of rotatable bonds is 5. The molecule has 140 valence electrons. The van der Waals surface area contributed by atoms with Crippen molar-refractivity contribution in [3.8, 4) is 17.6 Å². The van der Waals surface area contributed by atoms with Gasteiger partial charge in [-0.05, 0) is 48.4 Å². The number of benzene rings is 2. The predicted octanol–water partition coefficient (Wildman–Crippen LogP) is 0.666. The number of anilines is 1. The minimum absolute atomic E-state index is 0.0244. The Morgan fingerprint density at radius 1 is 1.19 bits per heavy atom. The molecule has 1 amide bonds. The Labute approximate surface area is 158 Å². The van der Waals surface area contributed by atoms with Crippen molar-refractivity contribution >= 4 is 11.6 Å². The van der Waals surface area contributed by atoms with Crippen molar-refractivity contribution in [3.63, 3.8) is 0 Å². The lowest BCUT2D eigenvalue weighted by Crippen LogP contribution is -2.45. The molecule has 1 heterocycles. The summed E-state index contributed by atoms with van der Waals surface area (Å²) in [6, 6.07) is 12.1. The van der Waals surface area contributed by atoms with Crippen LogP contribution in [0.3, 0.4) is 0 Å². The molecule has 0 fully saturated rings. The van der Waals surface area contributed by atoms with Gasteiger partial charge in [-0.25, -0.2) is 0 Å². The van der Waals surface area contributed by atoms with Crippen molar-refractivity contribution in [2.45, 2.75) is 12.5 Å². The van der Waals surface area contributed by atoms with Crippen molar-refractivity contribution in [1.82, 2.24) is 0 Å². The number of nitrogens with two attached hydrogens (primary N) is 1. The minimum atomic E-state index is -0.905. The van der Waals surface area contributed by atoms with Crippen LogP contribution in [0.15, 0.2) is 42.5 Å². The Balaban J connectivity index is 1.80. The molecule has 1 aliphatic rings. The zero-order valence-electron chi connectivity index (χ0n) is 14.9. The van der Waals surface area contributed by atoms with Crippen LogP contribution < -0.4 is 15.4 Å². The van der Waals surface area contributed by atoms with E-state index in [1.165, 1.54) is 0 Å². The summed E-state index contributed by atoms with van der Waals surface area (Å²) in [5.41, 5.74) is 9.22. The van der Waals surface area contributed by atoms with E-state index < -0.39 is 6.04 Å². The second-order valence-electron chi connectivity index (χ2n) is 6.18. The highest BCUT2D eigenvalue weighted by Crippen LogP contribution is 2.30. The number of aliphatic hydroxyl groups is 2. The summed E-state index contributed by atoms with van der Waals surface area (Å²) in [5, 5.41) is 17.9. The molecule has 4 N–H and O–H groups in total. The molecule has 27 heavy (non-hydrogen) atoms. The van der Waals surface area contributed by atoms with Crippen LogP contribution in [0.25, 0.3) is 0 Å². The topological polar surface area (TPSA) is 96.0 Å². The fraction of sp³-hybridized carbons (Fsp3) is 0.286. The van der Waals surface area contributed by atoms with Crippen molar-refractivity contribution < 1.29 is 19.7 Å². The second-order valence-corrected chi connectivity index (χ2v) is 6.18. The van der Waals surface area contributed by atoms with Crippen molar-refractivity contribution in [2.24, 2.45) is 5.73 Å². The fourth-order valence-corrected chi connectivity index (χ4v) is 3.00. The van der Waals surface area contributed by atoms with Crippen molar-refractivity contribution in [1.29, 1.82) is 0 Å². The Morgan fingerprint density at radius 2 is 1.96 bits per heavy atom. The van der Waals surface area contributed by atoms with Gasteiger partial charge in [0.2, 0.25) is 5.91 Å². The third-order valence-corrected chi connectivity index (χ3v) is 4.36. The van der Waals surface area contributed by atoms with Gasteiger partial charge in [-0.3, -0.25) is 4.79 Å². The molecule has 0 saturated carbocycles. The predicted molar refractivity (Wildman–Crippen MR) is 103 cm³/mol. The van der Waals surface area contributed by atoms with Crippen molar-refractivity contribution in [2.75, 3.05) is 31.3 Å². The summed E-state index contributed by atoms with van der Waals surface area (Å²) in [5.74, 6) is 6.71. The van der Waals surface area contributed by atoms with Crippen LogP contribution in [-0.4, -0.2) is 48.5 Å². The first-order chi connectivity index (χ1) is 13.1. The number of ether oxygens (including phenoxy) is 1. The minimum Gasteiger partial charge on any atom is -0.491 e. The number of amides is 1. The van der Waals surface area contributed by atoms with Crippen LogP contribution in [0.1, 0.15) is 16.7 Å². The highest BCUT2D eigenvalue weighted by atomic mass is 16.5. The number of hydrogen-bond acceptors (Lipinski definition) is 5. The molecule has 1 atom stereocenters. The Kier molecular flexibility index (Phi) is 6.09. The maximum atomic E-state index is 12.3. The number of carbonyl (C=O) groups is 1. The Morgan fingerprint density at radius 3 is 2.67 bits per heavy atom. The number of aliphatic hydroxyl groups excluding tert-OH is 2. The standard InChI is InChI=1S/C21H22N2O4/c22-19(14-25)21(26)23-11-10-18-16(2-1-3-20(18)23)7-4-15-5-8-17(9-6-15)27-13-12-24/h1-3,5-6,8-9,19,24-25H,10-14,22H2/t19-/m1/s1. The van der Waals surface area contributed by atoms with Crippen LogP contribution in [0.2, 0.25) is 0 Å². The smallest absolute Gasteiger partial charge is 0.246 e. The highest BCUT2D eigenvalue weighted by Gasteiger charge is 2.29. The Hall–Kier alpha value is -2.85. The van der Waals surface area contributed by atoms with E-state index in [4.69, 9.17) is 20.7 Å². The largest absolute Gasteiger partial charge is 0.491 e. The average molecular weight is 366 g/mol. The molecule has 6 heteroatoms. The molecule has 2 aromatic rings. The molecule has 0 bridgehead atoms. The zero-order valence-corrected chi connectivity index (χ0v) is 14.9. The Bertz CT molecular complexity index is 868. The summed E-state index contributed by atoms with van der Waals surface area (Å²) in [7, 11) is 0. The molecule has 1 aliphatic heterocycles. The van der Waals surface area contributed by atoms with E-state index in [-0.39, 0.29) is 25.7 Å². The molecule has 0 unspecified atom stereocenters. The lowest BCUT2D eigenvalue weighted by molar-refractivity contribution is -0.120. The van der Waals surface area contributed by atoms with Gasteiger partial charge in [-0.2, -0.15) is 0 Å². The van der Waals surface area contributed by atoms with Crippen LogP contribution in [0.5, 0.6) is 5.75 Å². The van der Waals surface area contributed by atoms with Gasteiger partial charge in [-0.15, -0.1) is 0 Å². The maximum absolute atomic E-state index is 12.3. The van der Waals surface area contributed by atoms with E-state index in [0.29, 0.717) is 18.7 Å². The molecule has 0 aliphatic carbocycles. The van der Waals surface area contributed by atoms with Crippen LogP contribution in [0.4, 0.5) is 5.69 Å². The first-order valence-electron chi connectivity index (χ1n) is 8.79. The lowest BCUT2D eigenvalue weighted by Gasteiger charge is -2.20. The van der Waals surface area contributed by atoms with Gasteiger partial charge in [-0.1, -0.05) is 17.9 Å². The monoisotopic (exact) mass is 366 g/mol. The van der Waals surface area contributed by atoms with Crippen LogP contribution in [-0.2, 0) is 11.2 Å². The first-order valence-corrected chi connectivity index (χ1v) is 8.79. The van der Waals surface area contributed by atoms with Gasteiger partial charge >= 0.3 is 0 Å². The van der Waals surface area contributed by atoms with E-state index in [1.54, 1.807) is 4.90 Å². The summed E-state index contributed by atoms with van der Waals surface area (Å²) >= 11 is 0. The molecule has 6 nitrogen and oxygen atoms in total. The van der Waals surface area contributed by atoms with E-state index in [2.05, 4.69) is 11.8 Å². The number of carbonyl (C=O) groups excluding carboxylic acids is 1. The van der Waals surface area contributed by atoms with Gasteiger partial charge in [0.05, 0.1) is 13.2 Å².